The van der Waals surface area contributed by atoms with Gasteiger partial charge in [0.2, 0.25) is 0 Å². The number of aryl methyl sites for hydroxylation is 1. The molecule has 0 aromatic heterocycles. The van der Waals surface area contributed by atoms with Crippen LogP contribution in [0.4, 0.5) is 11.4 Å². The number of nitro groups is 2. The van der Waals surface area contributed by atoms with E-state index in [-0.39, 0.29) is 52.9 Å². The van der Waals surface area contributed by atoms with E-state index >= 15 is 0 Å². The van der Waals surface area contributed by atoms with E-state index in [1.165, 1.54) is 24.3 Å². The second-order valence-corrected chi connectivity index (χ2v) is 8.89. The first kappa shape index (κ1) is 41.2. The summed E-state index contributed by atoms with van der Waals surface area (Å²) in [6.07, 6.45) is -0.130. The van der Waals surface area contributed by atoms with Crippen LogP contribution in [-0.4, -0.2) is 28.3 Å². The van der Waals surface area contributed by atoms with Gasteiger partial charge in [0, 0.05) is 35.2 Å². The van der Waals surface area contributed by atoms with Gasteiger partial charge in [-0.25, -0.2) is 0 Å². The summed E-state index contributed by atoms with van der Waals surface area (Å²) in [6, 6.07) is 29.0. The van der Waals surface area contributed by atoms with Gasteiger partial charge in [0.15, 0.2) is 0 Å². The minimum Gasteiger partial charge on any atom is -0.857 e. The SMILES string of the molecule is C[O-].Cc1ccc(C#N)cc1[N+](=O)[O-].N#Cc1ccc(C(O)Cc2ccc(C#N)cc2[N+](=O)[O-])cc1.N#Cc1ccc(C=O)cc1.[Na+]. The van der Waals surface area contributed by atoms with Crippen LogP contribution in [0.2, 0.25) is 0 Å². The average Bonchev–Trinajstić information content (AvgIpc) is 3.09. The van der Waals surface area contributed by atoms with Gasteiger partial charge in [-0.15, -0.1) is 0 Å². The first-order valence-electron chi connectivity index (χ1n) is 12.9. The van der Waals surface area contributed by atoms with Gasteiger partial charge in [-0.05, 0) is 48.9 Å². The average molecular weight is 641 g/mol. The summed E-state index contributed by atoms with van der Waals surface area (Å²) in [5.41, 5.74) is 3.44. The summed E-state index contributed by atoms with van der Waals surface area (Å²) in [7, 11) is 0.750. The summed E-state index contributed by atoms with van der Waals surface area (Å²) in [6.45, 7) is 1.64. The van der Waals surface area contributed by atoms with Crippen molar-refractivity contribution in [1.82, 2.24) is 0 Å². The van der Waals surface area contributed by atoms with Crippen LogP contribution >= 0.6 is 0 Å². The van der Waals surface area contributed by atoms with Gasteiger partial charge in [0.05, 0.1) is 62.5 Å². The number of nitriles is 4. The summed E-state index contributed by atoms with van der Waals surface area (Å²) in [4.78, 5) is 30.5. The summed E-state index contributed by atoms with van der Waals surface area (Å²) >= 11 is 0. The van der Waals surface area contributed by atoms with E-state index in [4.69, 9.17) is 26.2 Å². The van der Waals surface area contributed by atoms with Crippen molar-refractivity contribution in [2.45, 2.75) is 19.4 Å². The molecule has 4 aromatic carbocycles. The largest absolute Gasteiger partial charge is 1.00 e. The zero-order chi connectivity index (χ0) is 34.6. The molecule has 13 nitrogen and oxygen atoms in total. The molecule has 47 heavy (non-hydrogen) atoms. The molecule has 0 saturated heterocycles. The Morgan fingerprint density at radius 3 is 1.53 bits per heavy atom. The first-order chi connectivity index (χ1) is 22.1. The van der Waals surface area contributed by atoms with Crippen LogP contribution in [0.5, 0.6) is 0 Å². The third-order valence-corrected chi connectivity index (χ3v) is 5.96. The van der Waals surface area contributed by atoms with Gasteiger partial charge in [0.25, 0.3) is 11.4 Å². The molecule has 14 heteroatoms. The van der Waals surface area contributed by atoms with Crippen molar-refractivity contribution in [1.29, 1.82) is 21.0 Å². The van der Waals surface area contributed by atoms with Crippen LogP contribution in [0.25, 0.3) is 0 Å². The Balaban J connectivity index is 0.000000715. The summed E-state index contributed by atoms with van der Waals surface area (Å²) < 4.78 is 0. The maximum atomic E-state index is 11.1. The topological polar surface area (TPSA) is 242 Å². The van der Waals surface area contributed by atoms with E-state index in [0.717, 1.165) is 13.4 Å². The fourth-order valence-corrected chi connectivity index (χ4v) is 3.59. The van der Waals surface area contributed by atoms with E-state index in [2.05, 4.69) is 0 Å². The van der Waals surface area contributed by atoms with Gasteiger partial charge in [-0.1, -0.05) is 36.4 Å². The molecule has 0 radical (unpaired) electrons. The van der Waals surface area contributed by atoms with E-state index in [1.54, 1.807) is 67.6 Å². The predicted octanol–water partition coefficient (Wildman–Crippen LogP) is 1.74. The molecule has 1 N–H and O–H groups in total. The van der Waals surface area contributed by atoms with Gasteiger partial charge < -0.3 is 10.2 Å². The normalized spacial score (nSPS) is 9.45. The third-order valence-electron chi connectivity index (χ3n) is 5.96. The predicted molar refractivity (Wildman–Crippen MR) is 163 cm³/mol. The van der Waals surface area contributed by atoms with Crippen molar-refractivity contribution in [2.75, 3.05) is 7.11 Å². The molecular formula is C33H25N6NaO7. The standard InChI is InChI=1S/C16H11N3O3.C8H6N2O2.C8H5NO.CH3O.Na/c17-9-11-1-4-13(5-2-11)16(20)8-14-6-3-12(10-18)7-15(14)19(21)22;1-6-2-3-7(5-9)4-8(6)10(11)12;9-5-7-1-3-8(6-10)4-2-7;1-2;/h1-7,16,20H,8H2;2-4H,1H3;1-4,6H;1H3;/q;;;-1;+1. The molecule has 0 heterocycles. The molecule has 1 unspecified atom stereocenters. The second-order valence-electron chi connectivity index (χ2n) is 8.89. The molecule has 230 valence electrons. The molecule has 4 aromatic rings. The van der Waals surface area contributed by atoms with E-state index in [1.807, 2.05) is 24.3 Å². The smallest absolute Gasteiger partial charge is 0.857 e. The quantitative estimate of drug-likeness (QED) is 0.138. The Morgan fingerprint density at radius 2 is 1.11 bits per heavy atom. The number of benzene rings is 4. The molecule has 0 spiro atoms. The monoisotopic (exact) mass is 640 g/mol. The number of carbonyl (C=O) groups is 1. The zero-order valence-corrected chi connectivity index (χ0v) is 27.5. The minimum atomic E-state index is -0.931. The van der Waals surface area contributed by atoms with Gasteiger partial charge in [0.1, 0.15) is 6.29 Å². The number of hydrogen-bond donors (Lipinski definition) is 1. The van der Waals surface area contributed by atoms with Crippen molar-refractivity contribution < 1.29 is 54.4 Å². The van der Waals surface area contributed by atoms with E-state index in [9.17, 15) is 30.1 Å². The summed E-state index contributed by atoms with van der Waals surface area (Å²) in [5.74, 6) is 0. The van der Waals surface area contributed by atoms with Crippen molar-refractivity contribution in [3.63, 3.8) is 0 Å². The van der Waals surface area contributed by atoms with Crippen LogP contribution < -0.4 is 34.7 Å². The molecule has 0 amide bonds. The molecule has 1 atom stereocenters. The molecular weight excluding hydrogens is 615 g/mol. The Bertz CT molecular complexity index is 1840. The van der Waals surface area contributed by atoms with Gasteiger partial charge in [-0.2, -0.15) is 28.2 Å². The maximum Gasteiger partial charge on any atom is 1.00 e. The number of nitrogens with zero attached hydrogens (tertiary/aromatic N) is 6. The molecule has 0 fully saturated rings. The van der Waals surface area contributed by atoms with Crippen LogP contribution in [-0.2, 0) is 6.42 Å². The Morgan fingerprint density at radius 1 is 0.702 bits per heavy atom. The number of aliphatic hydroxyl groups is 1. The minimum absolute atomic E-state index is 0. The van der Waals surface area contributed by atoms with Crippen LogP contribution in [0.1, 0.15) is 55.4 Å². The number of nitro benzene ring substituents is 2. The fraction of sp³-hybridized carbons (Fsp3) is 0.121. The van der Waals surface area contributed by atoms with Crippen LogP contribution in [0.3, 0.4) is 0 Å². The van der Waals surface area contributed by atoms with Crippen molar-refractivity contribution in [3.05, 3.63) is 150 Å². The number of aldehydes is 1. The molecule has 0 aliphatic rings. The zero-order valence-electron chi connectivity index (χ0n) is 25.5. The Labute approximate surface area is 292 Å². The van der Waals surface area contributed by atoms with Crippen molar-refractivity contribution in [2.24, 2.45) is 0 Å². The maximum absolute atomic E-state index is 11.1. The van der Waals surface area contributed by atoms with Crippen molar-refractivity contribution >= 4 is 17.7 Å². The molecule has 0 aliphatic carbocycles. The molecule has 4 rings (SSSR count). The Kier molecular flexibility index (Phi) is 19.2. The van der Waals surface area contributed by atoms with Gasteiger partial charge in [-0.3, -0.25) is 25.0 Å². The molecule has 0 bridgehead atoms. The van der Waals surface area contributed by atoms with Gasteiger partial charge >= 0.3 is 29.6 Å². The van der Waals surface area contributed by atoms with Crippen LogP contribution in [0, 0.1) is 72.5 Å². The van der Waals surface area contributed by atoms with Crippen LogP contribution in [0.15, 0.2) is 84.9 Å². The van der Waals surface area contributed by atoms with E-state index in [0.29, 0.717) is 38.9 Å². The molecule has 0 aliphatic heterocycles. The Hall–Kier alpha value is -5.77. The molecule has 0 saturated carbocycles. The summed E-state index contributed by atoms with van der Waals surface area (Å²) in [5, 5.41) is 74.3. The van der Waals surface area contributed by atoms with E-state index < -0.39 is 16.0 Å². The number of rotatable bonds is 6. The fourth-order valence-electron chi connectivity index (χ4n) is 3.59. The first-order valence-corrected chi connectivity index (χ1v) is 12.9. The number of hydrogen-bond acceptors (Lipinski definition) is 11. The second kappa shape index (κ2) is 21.9. The number of carbonyl (C=O) groups excluding carboxylic acids is 1. The third kappa shape index (κ3) is 13.4. The van der Waals surface area contributed by atoms with Crippen molar-refractivity contribution in [3.8, 4) is 24.3 Å². The number of aliphatic hydroxyl groups excluding tert-OH is 1.